The molecule has 176 valence electrons. The second kappa shape index (κ2) is 10.2. The van der Waals surface area contributed by atoms with Gasteiger partial charge in [-0.2, -0.15) is 10.2 Å². The molecule has 0 radical (unpaired) electrons. The maximum Gasteiger partial charge on any atom is 0.320 e. The molecule has 0 saturated heterocycles. The number of urea groups is 1. The number of hydrogen-bond donors (Lipinski definition) is 3. The molecule has 0 unspecified atom stereocenters. The van der Waals surface area contributed by atoms with Crippen LogP contribution < -0.4 is 10.6 Å². The maximum atomic E-state index is 13.0. The first-order chi connectivity index (χ1) is 16.0. The van der Waals surface area contributed by atoms with E-state index in [4.69, 9.17) is 9.84 Å². The Bertz CT molecular complexity index is 1080. The van der Waals surface area contributed by atoms with Gasteiger partial charge in [0.1, 0.15) is 11.5 Å². The van der Waals surface area contributed by atoms with Crippen LogP contribution in [0, 0.1) is 18.8 Å². The first-order valence-electron chi connectivity index (χ1n) is 11.3. The summed E-state index contributed by atoms with van der Waals surface area (Å²) < 4.78 is 8.69. The van der Waals surface area contributed by atoms with Crippen molar-refractivity contribution in [1.29, 1.82) is 0 Å². The molecular formula is C24H32N6O3. The average Bonchev–Trinajstić information content (AvgIpc) is 3.50. The van der Waals surface area contributed by atoms with Crippen molar-refractivity contribution in [2.24, 2.45) is 18.9 Å². The molecule has 1 fully saturated rings. The second-order valence-electron chi connectivity index (χ2n) is 8.72. The molecule has 2 heterocycles. The first-order valence-corrected chi connectivity index (χ1v) is 11.3. The minimum Gasteiger partial charge on any atom is -0.396 e. The highest BCUT2D eigenvalue weighted by atomic mass is 16.5. The molecule has 4 rings (SSSR count). The summed E-state index contributed by atoms with van der Waals surface area (Å²) in [4.78, 5) is 13.0. The third-order valence-electron chi connectivity index (χ3n) is 6.44. The molecule has 1 saturated carbocycles. The zero-order valence-corrected chi connectivity index (χ0v) is 19.4. The van der Waals surface area contributed by atoms with Crippen LogP contribution in [0.1, 0.15) is 24.8 Å². The fraction of sp³-hybridized carbons (Fsp3) is 0.458. The van der Waals surface area contributed by atoms with E-state index in [2.05, 4.69) is 15.7 Å². The van der Waals surface area contributed by atoms with Gasteiger partial charge < -0.3 is 15.2 Å². The number of aliphatic hydroxyl groups is 1. The molecule has 3 N–H and O–H groups in total. The molecule has 33 heavy (non-hydrogen) atoms. The van der Waals surface area contributed by atoms with Crippen molar-refractivity contribution in [3.8, 4) is 16.9 Å². The van der Waals surface area contributed by atoms with E-state index in [1.807, 2.05) is 50.5 Å². The van der Waals surface area contributed by atoms with Gasteiger partial charge in [0.15, 0.2) is 0 Å². The van der Waals surface area contributed by atoms with Crippen LogP contribution >= 0.6 is 0 Å². The SMILES string of the molecule is COCC[C@@H]1C[C@@H](NC(=O)Nc2c(C)c(-c3cnn(C)c3)nn2-c2ccccc2)C[C@H]1CO. The van der Waals surface area contributed by atoms with E-state index < -0.39 is 0 Å². The molecule has 2 amide bonds. The predicted octanol–water partition coefficient (Wildman–Crippen LogP) is 3.13. The van der Waals surface area contributed by atoms with Crippen LogP contribution in [0.3, 0.4) is 0 Å². The monoisotopic (exact) mass is 452 g/mol. The third kappa shape index (κ3) is 5.09. The number of ether oxygens (including phenoxy) is 1. The van der Waals surface area contributed by atoms with Crippen LogP contribution in [0.25, 0.3) is 16.9 Å². The number of methoxy groups -OCH3 is 1. The second-order valence-corrected chi connectivity index (χ2v) is 8.72. The average molecular weight is 453 g/mol. The normalized spacial score (nSPS) is 20.2. The van der Waals surface area contributed by atoms with Crippen molar-refractivity contribution in [2.45, 2.75) is 32.2 Å². The van der Waals surface area contributed by atoms with Crippen LogP contribution in [0.15, 0.2) is 42.7 Å². The smallest absolute Gasteiger partial charge is 0.320 e. The highest BCUT2D eigenvalue weighted by Gasteiger charge is 2.34. The van der Waals surface area contributed by atoms with Gasteiger partial charge in [0.05, 0.1) is 11.9 Å². The summed E-state index contributed by atoms with van der Waals surface area (Å²) in [5.41, 5.74) is 3.37. The highest BCUT2D eigenvalue weighted by Crippen LogP contribution is 2.34. The lowest BCUT2D eigenvalue weighted by atomic mass is 9.94. The number of anilines is 1. The van der Waals surface area contributed by atoms with Crippen molar-refractivity contribution < 1.29 is 14.6 Å². The van der Waals surface area contributed by atoms with Crippen LogP contribution in [0.4, 0.5) is 10.6 Å². The first kappa shape index (κ1) is 23.0. The minimum atomic E-state index is -0.276. The quantitative estimate of drug-likeness (QED) is 0.487. The number of hydrogen-bond acceptors (Lipinski definition) is 5. The summed E-state index contributed by atoms with van der Waals surface area (Å²) in [7, 11) is 3.55. The highest BCUT2D eigenvalue weighted by molar-refractivity contribution is 5.91. The van der Waals surface area contributed by atoms with Crippen molar-refractivity contribution in [2.75, 3.05) is 25.6 Å². The molecule has 3 aromatic rings. The summed E-state index contributed by atoms with van der Waals surface area (Å²) in [6.07, 6.45) is 6.15. The largest absolute Gasteiger partial charge is 0.396 e. The van der Waals surface area contributed by atoms with Gasteiger partial charge in [-0.05, 0) is 50.2 Å². The van der Waals surface area contributed by atoms with Gasteiger partial charge in [-0.3, -0.25) is 10.00 Å². The maximum absolute atomic E-state index is 13.0. The Hall–Kier alpha value is -3.17. The van der Waals surface area contributed by atoms with Gasteiger partial charge in [0.25, 0.3) is 0 Å². The lowest BCUT2D eigenvalue weighted by Crippen LogP contribution is -2.37. The summed E-state index contributed by atoms with van der Waals surface area (Å²) in [6.45, 7) is 2.73. The summed E-state index contributed by atoms with van der Waals surface area (Å²) in [6, 6.07) is 9.45. The number of benzene rings is 1. The predicted molar refractivity (Wildman–Crippen MR) is 126 cm³/mol. The Kier molecular flexibility index (Phi) is 7.10. The fourth-order valence-corrected chi connectivity index (χ4v) is 4.72. The topological polar surface area (TPSA) is 106 Å². The number of aliphatic hydroxyl groups excluding tert-OH is 1. The molecule has 1 aromatic carbocycles. The Morgan fingerprint density at radius 2 is 2.00 bits per heavy atom. The third-order valence-corrected chi connectivity index (χ3v) is 6.44. The van der Waals surface area contributed by atoms with Crippen molar-refractivity contribution >= 4 is 11.8 Å². The van der Waals surface area contributed by atoms with Crippen LogP contribution in [0.5, 0.6) is 0 Å². The summed E-state index contributed by atoms with van der Waals surface area (Å²) in [5.74, 6) is 1.14. The van der Waals surface area contributed by atoms with Crippen molar-refractivity contribution in [3.63, 3.8) is 0 Å². The Morgan fingerprint density at radius 1 is 1.24 bits per heavy atom. The number of nitrogens with zero attached hydrogens (tertiary/aromatic N) is 4. The van der Waals surface area contributed by atoms with E-state index in [-0.39, 0.29) is 24.6 Å². The van der Waals surface area contributed by atoms with Crippen LogP contribution in [0.2, 0.25) is 0 Å². The number of aryl methyl sites for hydroxylation is 1. The minimum absolute atomic E-state index is 0.00945. The van der Waals surface area contributed by atoms with Gasteiger partial charge in [0, 0.05) is 50.7 Å². The van der Waals surface area contributed by atoms with E-state index in [0.29, 0.717) is 18.3 Å². The Labute approximate surface area is 193 Å². The van der Waals surface area contributed by atoms with Gasteiger partial charge in [-0.25, -0.2) is 9.48 Å². The number of aromatic nitrogens is 4. The number of carbonyl (C=O) groups is 1. The standard InChI is InChI=1S/C24H32N6O3/c1-16-22(19-13-25-29(2)14-19)28-30(21-7-5-4-6-8-21)23(16)27-24(32)26-20-11-17(9-10-33-3)18(12-20)15-31/h4-8,13-14,17-18,20,31H,9-12,15H2,1-3H3,(H2,26,27,32)/t17-,18+,20-/m1/s1. The van der Waals surface area contributed by atoms with E-state index in [0.717, 1.165) is 41.8 Å². The fourth-order valence-electron chi connectivity index (χ4n) is 4.72. The number of amides is 2. The molecule has 1 aliphatic rings. The molecule has 3 atom stereocenters. The van der Waals surface area contributed by atoms with E-state index >= 15 is 0 Å². The molecule has 2 aromatic heterocycles. The molecule has 9 nitrogen and oxygen atoms in total. The number of rotatable bonds is 8. The number of nitrogens with one attached hydrogen (secondary N) is 2. The van der Waals surface area contributed by atoms with Crippen molar-refractivity contribution in [3.05, 3.63) is 48.3 Å². The Morgan fingerprint density at radius 3 is 2.67 bits per heavy atom. The summed E-state index contributed by atoms with van der Waals surface area (Å²) >= 11 is 0. The lowest BCUT2D eigenvalue weighted by molar-refractivity contribution is 0.142. The molecular weight excluding hydrogens is 420 g/mol. The molecule has 0 aliphatic heterocycles. The zero-order chi connectivity index (χ0) is 23.4. The molecule has 0 spiro atoms. The van der Waals surface area contributed by atoms with Gasteiger partial charge in [0.2, 0.25) is 0 Å². The Balaban J connectivity index is 1.54. The van der Waals surface area contributed by atoms with Gasteiger partial charge >= 0.3 is 6.03 Å². The van der Waals surface area contributed by atoms with Gasteiger partial charge in [-0.1, -0.05) is 18.2 Å². The van der Waals surface area contributed by atoms with E-state index in [1.54, 1.807) is 22.7 Å². The zero-order valence-electron chi connectivity index (χ0n) is 19.4. The molecule has 9 heteroatoms. The number of para-hydroxylation sites is 1. The van der Waals surface area contributed by atoms with Crippen LogP contribution in [-0.2, 0) is 11.8 Å². The summed E-state index contributed by atoms with van der Waals surface area (Å²) in [5, 5.41) is 24.9. The van der Waals surface area contributed by atoms with Crippen LogP contribution in [-0.4, -0.2) is 57.1 Å². The van der Waals surface area contributed by atoms with E-state index in [9.17, 15) is 9.90 Å². The van der Waals surface area contributed by atoms with E-state index in [1.165, 1.54) is 0 Å². The lowest BCUT2D eigenvalue weighted by Gasteiger charge is -2.16. The number of carbonyl (C=O) groups excluding carboxylic acids is 1. The molecule has 0 bridgehead atoms. The van der Waals surface area contributed by atoms with Crippen molar-refractivity contribution in [1.82, 2.24) is 24.9 Å². The molecule has 1 aliphatic carbocycles. The van der Waals surface area contributed by atoms with Gasteiger partial charge in [-0.15, -0.1) is 0 Å².